The summed E-state index contributed by atoms with van der Waals surface area (Å²) in [6.45, 7) is 6.90. The van der Waals surface area contributed by atoms with Crippen LogP contribution in [0.15, 0.2) is 48.5 Å². The first-order valence-electron chi connectivity index (χ1n) is 8.80. The van der Waals surface area contributed by atoms with Crippen LogP contribution in [0.3, 0.4) is 0 Å². The number of amides is 2. The molecule has 0 aliphatic carbocycles. The van der Waals surface area contributed by atoms with Gasteiger partial charge in [0.05, 0.1) is 0 Å². The van der Waals surface area contributed by atoms with E-state index in [4.69, 9.17) is 0 Å². The van der Waals surface area contributed by atoms with Crippen LogP contribution >= 0.6 is 0 Å². The summed E-state index contributed by atoms with van der Waals surface area (Å²) in [7, 11) is 0. The van der Waals surface area contributed by atoms with Gasteiger partial charge in [-0.1, -0.05) is 37.3 Å². The third-order valence-electron chi connectivity index (χ3n) is 4.95. The molecule has 0 saturated carbocycles. The molecule has 1 saturated heterocycles. The minimum Gasteiger partial charge on any atom is -0.325 e. The van der Waals surface area contributed by atoms with Crippen molar-refractivity contribution < 1.29 is 9.59 Å². The molecule has 1 aliphatic rings. The molecule has 4 heteroatoms. The topological polar surface area (TPSA) is 40.6 Å². The van der Waals surface area contributed by atoms with Gasteiger partial charge in [0.15, 0.2) is 0 Å². The van der Waals surface area contributed by atoms with Gasteiger partial charge >= 0.3 is 0 Å². The van der Waals surface area contributed by atoms with Gasteiger partial charge in [0, 0.05) is 24.3 Å². The zero-order valence-corrected chi connectivity index (χ0v) is 15.0. The van der Waals surface area contributed by atoms with E-state index in [1.54, 1.807) is 9.80 Å². The minimum atomic E-state index is -0.466. The van der Waals surface area contributed by atoms with Crippen LogP contribution in [-0.4, -0.2) is 35.8 Å². The van der Waals surface area contributed by atoms with Crippen molar-refractivity contribution in [2.24, 2.45) is 0 Å². The van der Waals surface area contributed by atoms with Crippen molar-refractivity contribution in [1.82, 2.24) is 4.90 Å². The second-order valence-corrected chi connectivity index (χ2v) is 6.50. The molecule has 25 heavy (non-hydrogen) atoms. The summed E-state index contributed by atoms with van der Waals surface area (Å²) in [5.41, 5.74) is 3.75. The maximum absolute atomic E-state index is 12.9. The number of aryl methyl sites for hydroxylation is 2. The fraction of sp³-hybridized carbons (Fsp3) is 0.333. The SMILES string of the molecule is CCc1ccc(N2CCN(C(=O)c3ccccc3C)[C@@H](C)C2=O)cc1. The zero-order chi connectivity index (χ0) is 18.0. The Bertz CT molecular complexity index is 783. The summed E-state index contributed by atoms with van der Waals surface area (Å²) in [5, 5.41) is 0. The molecule has 0 spiro atoms. The third kappa shape index (κ3) is 3.29. The fourth-order valence-corrected chi connectivity index (χ4v) is 3.28. The third-order valence-corrected chi connectivity index (χ3v) is 4.95. The standard InChI is InChI=1S/C21H24N2O2/c1-4-17-9-11-18(12-10-17)23-14-13-22(16(3)20(23)24)21(25)19-8-6-5-7-15(19)2/h5-12,16H,4,13-14H2,1-3H3/t16-/m0/s1. The Kier molecular flexibility index (Phi) is 4.88. The van der Waals surface area contributed by atoms with Crippen LogP contribution in [0.5, 0.6) is 0 Å². The highest BCUT2D eigenvalue weighted by atomic mass is 16.2. The molecule has 0 aromatic heterocycles. The Morgan fingerprint density at radius 1 is 1.08 bits per heavy atom. The average molecular weight is 336 g/mol. The predicted molar refractivity (Wildman–Crippen MR) is 99.9 cm³/mol. The predicted octanol–water partition coefficient (Wildman–Crippen LogP) is 3.43. The van der Waals surface area contributed by atoms with Crippen molar-refractivity contribution in [3.05, 3.63) is 65.2 Å². The van der Waals surface area contributed by atoms with Gasteiger partial charge in [-0.3, -0.25) is 9.59 Å². The largest absolute Gasteiger partial charge is 0.325 e. The Morgan fingerprint density at radius 2 is 1.76 bits per heavy atom. The van der Waals surface area contributed by atoms with Crippen LogP contribution in [-0.2, 0) is 11.2 Å². The number of carbonyl (C=O) groups excluding carboxylic acids is 2. The highest BCUT2D eigenvalue weighted by Crippen LogP contribution is 2.23. The smallest absolute Gasteiger partial charge is 0.254 e. The molecule has 1 fully saturated rings. The van der Waals surface area contributed by atoms with E-state index in [0.29, 0.717) is 18.7 Å². The monoisotopic (exact) mass is 336 g/mol. The summed E-state index contributed by atoms with van der Waals surface area (Å²) in [4.78, 5) is 29.2. The summed E-state index contributed by atoms with van der Waals surface area (Å²) in [5.74, 6) is -0.0997. The fourth-order valence-electron chi connectivity index (χ4n) is 3.28. The van der Waals surface area contributed by atoms with Crippen molar-refractivity contribution in [1.29, 1.82) is 0 Å². The summed E-state index contributed by atoms with van der Waals surface area (Å²) in [6, 6.07) is 15.1. The molecular formula is C21H24N2O2. The normalized spacial score (nSPS) is 17.7. The number of piperazine rings is 1. The van der Waals surface area contributed by atoms with Gasteiger partial charge in [-0.2, -0.15) is 0 Å². The number of anilines is 1. The number of rotatable bonds is 3. The van der Waals surface area contributed by atoms with Crippen molar-refractivity contribution in [3.8, 4) is 0 Å². The van der Waals surface area contributed by atoms with E-state index in [0.717, 1.165) is 17.7 Å². The van der Waals surface area contributed by atoms with Crippen LogP contribution in [0.25, 0.3) is 0 Å². The zero-order valence-electron chi connectivity index (χ0n) is 15.0. The summed E-state index contributed by atoms with van der Waals surface area (Å²) >= 11 is 0. The van der Waals surface area contributed by atoms with Crippen LogP contribution < -0.4 is 4.90 Å². The molecule has 130 valence electrons. The van der Waals surface area contributed by atoms with E-state index < -0.39 is 6.04 Å². The van der Waals surface area contributed by atoms with Crippen molar-refractivity contribution in [2.45, 2.75) is 33.2 Å². The van der Waals surface area contributed by atoms with Crippen LogP contribution in [0.1, 0.15) is 35.3 Å². The maximum atomic E-state index is 12.9. The lowest BCUT2D eigenvalue weighted by atomic mass is 10.0. The second kappa shape index (κ2) is 7.09. The molecular weight excluding hydrogens is 312 g/mol. The molecule has 2 amide bonds. The van der Waals surface area contributed by atoms with Gasteiger partial charge < -0.3 is 9.80 Å². The molecule has 4 nitrogen and oxygen atoms in total. The lowest BCUT2D eigenvalue weighted by Gasteiger charge is -2.39. The van der Waals surface area contributed by atoms with E-state index in [1.165, 1.54) is 5.56 Å². The number of hydrogen-bond acceptors (Lipinski definition) is 2. The molecule has 0 bridgehead atoms. The van der Waals surface area contributed by atoms with E-state index in [2.05, 4.69) is 19.1 Å². The number of benzene rings is 2. The lowest BCUT2D eigenvalue weighted by Crippen LogP contribution is -2.57. The summed E-state index contributed by atoms with van der Waals surface area (Å²) < 4.78 is 0. The molecule has 2 aromatic rings. The Labute approximate surface area is 149 Å². The maximum Gasteiger partial charge on any atom is 0.254 e. The van der Waals surface area contributed by atoms with E-state index >= 15 is 0 Å². The number of hydrogen-bond donors (Lipinski definition) is 0. The first-order valence-corrected chi connectivity index (χ1v) is 8.80. The van der Waals surface area contributed by atoms with Gasteiger partial charge in [0.2, 0.25) is 5.91 Å². The second-order valence-electron chi connectivity index (χ2n) is 6.50. The Morgan fingerprint density at radius 3 is 2.40 bits per heavy atom. The first kappa shape index (κ1) is 17.2. The van der Waals surface area contributed by atoms with Gasteiger partial charge in [-0.05, 0) is 49.6 Å². The summed E-state index contributed by atoms with van der Waals surface area (Å²) in [6.07, 6.45) is 0.976. The molecule has 0 unspecified atom stereocenters. The highest BCUT2D eigenvalue weighted by Gasteiger charge is 2.35. The van der Waals surface area contributed by atoms with Gasteiger partial charge in [0.1, 0.15) is 6.04 Å². The molecule has 1 heterocycles. The molecule has 2 aromatic carbocycles. The molecule has 0 N–H and O–H groups in total. The minimum absolute atomic E-state index is 0.0302. The van der Waals surface area contributed by atoms with Crippen LogP contribution in [0.4, 0.5) is 5.69 Å². The highest BCUT2D eigenvalue weighted by molar-refractivity contribution is 6.03. The average Bonchev–Trinajstić information content (AvgIpc) is 2.64. The Balaban J connectivity index is 1.79. The van der Waals surface area contributed by atoms with Gasteiger partial charge in [-0.15, -0.1) is 0 Å². The van der Waals surface area contributed by atoms with Crippen molar-refractivity contribution in [2.75, 3.05) is 18.0 Å². The molecule has 0 radical (unpaired) electrons. The van der Waals surface area contributed by atoms with Gasteiger partial charge in [0.25, 0.3) is 5.91 Å². The van der Waals surface area contributed by atoms with Crippen LogP contribution in [0.2, 0.25) is 0 Å². The van der Waals surface area contributed by atoms with E-state index in [9.17, 15) is 9.59 Å². The molecule has 1 atom stereocenters. The van der Waals surface area contributed by atoms with Crippen molar-refractivity contribution in [3.63, 3.8) is 0 Å². The van der Waals surface area contributed by atoms with Gasteiger partial charge in [-0.25, -0.2) is 0 Å². The molecule has 3 rings (SSSR count). The molecule has 1 aliphatic heterocycles. The van der Waals surface area contributed by atoms with Crippen molar-refractivity contribution >= 4 is 17.5 Å². The first-order chi connectivity index (χ1) is 12.0. The number of nitrogens with zero attached hydrogens (tertiary/aromatic N) is 2. The lowest BCUT2D eigenvalue weighted by molar-refractivity contribution is -0.124. The van der Waals surface area contributed by atoms with E-state index in [-0.39, 0.29) is 11.8 Å². The van der Waals surface area contributed by atoms with E-state index in [1.807, 2.05) is 50.2 Å². The quantitative estimate of drug-likeness (QED) is 0.861. The van der Waals surface area contributed by atoms with Crippen LogP contribution in [0, 0.1) is 6.92 Å². The number of carbonyl (C=O) groups is 2. The Hall–Kier alpha value is -2.62.